The molecule has 1 aliphatic carbocycles. The molecule has 0 radical (unpaired) electrons. The molecule has 4 heterocycles. The molecule has 0 amide bonds. The number of nitrogens with zero attached hydrogens (tertiary/aromatic N) is 3. The third-order valence-electron chi connectivity index (χ3n) is 21.0. The third kappa shape index (κ3) is 9.00. The summed E-state index contributed by atoms with van der Waals surface area (Å²) in [4.78, 5) is 8.29. The molecule has 14 rings (SSSR count). The molecule has 0 spiro atoms. The van der Waals surface area contributed by atoms with Crippen molar-refractivity contribution in [2.75, 3.05) is 14.7 Å². The van der Waals surface area contributed by atoms with Gasteiger partial charge in [-0.05, 0) is 174 Å². The summed E-state index contributed by atoms with van der Waals surface area (Å²) in [7, 11) is 0. The van der Waals surface area contributed by atoms with Crippen LogP contribution in [-0.4, -0.2) is 12.3 Å². The Morgan fingerprint density at radius 2 is 0.897 bits per heavy atom. The summed E-state index contributed by atoms with van der Waals surface area (Å²) >= 11 is 1.97. The molecule has 10 aromatic rings. The second kappa shape index (κ2) is 19.6. The first-order valence-electron chi connectivity index (χ1n) is 32.3. The molecule has 3 nitrogen and oxygen atoms in total. The summed E-state index contributed by atoms with van der Waals surface area (Å²) in [6.07, 6.45) is 4.77. The lowest BCUT2D eigenvalue weighted by atomic mass is 9.33. The minimum atomic E-state index is -0.213. The number of thiophene rings is 1. The zero-order valence-corrected chi connectivity index (χ0v) is 55.7. The van der Waals surface area contributed by atoms with Crippen LogP contribution in [0.5, 0.6) is 0 Å². The number of hydrogen-bond donors (Lipinski definition) is 0. The lowest BCUT2D eigenvalue weighted by Crippen LogP contribution is -2.61. The van der Waals surface area contributed by atoms with E-state index in [1.54, 1.807) is 0 Å². The normalized spacial score (nSPS) is 18.4. The largest absolute Gasteiger partial charge is 0.334 e. The second-order valence-corrected chi connectivity index (χ2v) is 32.8. The predicted molar refractivity (Wildman–Crippen MR) is 381 cm³/mol. The minimum Gasteiger partial charge on any atom is -0.334 e. The van der Waals surface area contributed by atoms with E-state index >= 15 is 0 Å². The summed E-state index contributed by atoms with van der Waals surface area (Å²) in [6, 6.07) is 69.9. The fraction of sp³-hybridized carbons (Fsp3) is 0.341. The van der Waals surface area contributed by atoms with Crippen LogP contribution in [0.4, 0.5) is 45.5 Å². The lowest BCUT2D eigenvalue weighted by molar-refractivity contribution is 0.195. The zero-order chi connectivity index (χ0) is 61.3. The van der Waals surface area contributed by atoms with Crippen molar-refractivity contribution in [2.24, 2.45) is 0 Å². The Kier molecular flexibility index (Phi) is 12.9. The van der Waals surface area contributed by atoms with E-state index in [0.717, 1.165) is 6.42 Å². The summed E-state index contributed by atoms with van der Waals surface area (Å²) < 4.78 is 2.65. The molecule has 0 N–H and O–H groups in total. The Hall–Kier alpha value is -7.34. The van der Waals surface area contributed by atoms with Crippen molar-refractivity contribution < 1.29 is 0 Å². The Morgan fingerprint density at radius 1 is 0.402 bits per heavy atom. The molecule has 1 aromatic heterocycles. The number of fused-ring (bicyclic) bond motifs is 11. The van der Waals surface area contributed by atoms with Crippen LogP contribution < -0.4 is 31.1 Å². The number of hydrogen-bond acceptors (Lipinski definition) is 4. The van der Waals surface area contributed by atoms with E-state index in [2.05, 4.69) is 308 Å². The van der Waals surface area contributed by atoms with Crippen LogP contribution in [0.2, 0.25) is 0 Å². The van der Waals surface area contributed by atoms with Gasteiger partial charge in [-0.25, -0.2) is 0 Å². The molecule has 0 bridgehead atoms. The molecule has 87 heavy (non-hydrogen) atoms. The first-order valence-corrected chi connectivity index (χ1v) is 33.1. The standard InChI is InChI=1S/C82H88BN3S/c1-76(2,3)53-30-38-66(60(44-53)51-26-20-18-21-27-51)84-69-50-58(86-68-40-32-56(79(10,11)12)47-63(68)81(16)42-24-25-43-82(81,86)17)34-36-64(69)83-65-37-35-59-62-46-55(78(7,8)9)33-41-72(62)87-75(59)74(65)85(71-49-57(80(13,14)15)48-70(84)73(71)83)67-39-31-54(77(4,5)6)45-61(67)52-28-22-19-23-29-52/h18-23,26-41,44-50H,24-25,42-43H2,1-17H3. The van der Waals surface area contributed by atoms with Gasteiger partial charge in [0.2, 0.25) is 0 Å². The zero-order valence-electron chi connectivity index (χ0n) is 54.9. The van der Waals surface area contributed by atoms with Crippen LogP contribution in [-0.2, 0) is 32.5 Å². The highest BCUT2D eigenvalue weighted by atomic mass is 32.1. The van der Waals surface area contributed by atoms with E-state index < -0.39 is 0 Å². The molecular formula is C82H88BN3S. The first kappa shape index (κ1) is 57.4. The Bertz CT molecular complexity index is 4420. The van der Waals surface area contributed by atoms with Gasteiger partial charge < -0.3 is 14.7 Å². The average Bonchev–Trinajstić information content (AvgIpc) is 1.69. The van der Waals surface area contributed by atoms with E-state index in [-0.39, 0.29) is 44.7 Å². The maximum absolute atomic E-state index is 2.81. The highest BCUT2D eigenvalue weighted by Crippen LogP contribution is 2.62. The summed E-state index contributed by atoms with van der Waals surface area (Å²) in [5, 5.41) is 2.65. The van der Waals surface area contributed by atoms with Crippen LogP contribution >= 0.6 is 11.3 Å². The van der Waals surface area contributed by atoms with Crippen molar-refractivity contribution in [3.63, 3.8) is 0 Å². The van der Waals surface area contributed by atoms with Gasteiger partial charge >= 0.3 is 0 Å². The van der Waals surface area contributed by atoms with Crippen molar-refractivity contribution in [1.29, 1.82) is 0 Å². The highest BCUT2D eigenvalue weighted by molar-refractivity contribution is 7.26. The van der Waals surface area contributed by atoms with Gasteiger partial charge in [0.15, 0.2) is 0 Å². The van der Waals surface area contributed by atoms with Crippen molar-refractivity contribution in [3.8, 4) is 22.3 Å². The summed E-state index contributed by atoms with van der Waals surface area (Å²) in [5.41, 5.74) is 26.7. The maximum Gasteiger partial charge on any atom is 0.252 e. The maximum atomic E-state index is 2.81. The van der Waals surface area contributed by atoms with Gasteiger partial charge in [0.1, 0.15) is 0 Å². The van der Waals surface area contributed by atoms with Crippen molar-refractivity contribution in [2.45, 2.75) is 181 Å². The molecule has 2 atom stereocenters. The Balaban J connectivity index is 1.13. The van der Waals surface area contributed by atoms with Crippen molar-refractivity contribution in [3.05, 3.63) is 209 Å². The van der Waals surface area contributed by atoms with Crippen LogP contribution in [0, 0.1) is 0 Å². The SMILES string of the molecule is CC(C)(C)c1ccc(N2c3cc(N4c5ccc(C(C)(C)C)cc5C5(C)CCCCC45C)ccc3B3c4ccc5c(sc6ccc(C(C)(C)C)cc65)c4N(c4ccc(C(C)(C)C)cc4-c4ccccc4)c4cc(C(C)(C)C)cc2c43)c(-c2ccccc2)c1. The number of rotatable bonds is 5. The van der Waals surface area contributed by atoms with Crippen LogP contribution in [0.15, 0.2) is 176 Å². The van der Waals surface area contributed by atoms with Gasteiger partial charge in [0, 0.05) is 60.5 Å². The predicted octanol–water partition coefficient (Wildman–Crippen LogP) is 21.7. The second-order valence-electron chi connectivity index (χ2n) is 31.8. The smallest absolute Gasteiger partial charge is 0.252 e. The fourth-order valence-electron chi connectivity index (χ4n) is 15.5. The summed E-state index contributed by atoms with van der Waals surface area (Å²) in [6.45, 7) is 40.6. The molecule has 4 aliphatic rings. The van der Waals surface area contributed by atoms with Gasteiger partial charge in [0.25, 0.3) is 6.71 Å². The molecule has 1 saturated carbocycles. The molecule has 2 unspecified atom stereocenters. The quantitative estimate of drug-likeness (QED) is 0.159. The Morgan fingerprint density at radius 3 is 1.47 bits per heavy atom. The van der Waals surface area contributed by atoms with E-state index in [1.807, 2.05) is 11.3 Å². The Labute approximate surface area is 524 Å². The molecule has 440 valence electrons. The highest BCUT2D eigenvalue weighted by Gasteiger charge is 2.58. The molecule has 1 fully saturated rings. The van der Waals surface area contributed by atoms with Crippen molar-refractivity contribution in [1.82, 2.24) is 0 Å². The van der Waals surface area contributed by atoms with E-state index in [0.29, 0.717) is 0 Å². The molecule has 5 heteroatoms. The van der Waals surface area contributed by atoms with Gasteiger partial charge in [-0.3, -0.25) is 0 Å². The van der Waals surface area contributed by atoms with Gasteiger partial charge in [-0.15, -0.1) is 11.3 Å². The molecule has 9 aromatic carbocycles. The van der Waals surface area contributed by atoms with Crippen LogP contribution in [0.3, 0.4) is 0 Å². The molecule has 3 aliphatic heterocycles. The monoisotopic (exact) mass is 1160 g/mol. The van der Waals surface area contributed by atoms with E-state index in [9.17, 15) is 0 Å². The third-order valence-corrected chi connectivity index (χ3v) is 22.2. The first-order chi connectivity index (χ1) is 41.0. The van der Waals surface area contributed by atoms with E-state index in [4.69, 9.17) is 0 Å². The summed E-state index contributed by atoms with van der Waals surface area (Å²) in [5.74, 6) is 0. The number of anilines is 8. The van der Waals surface area contributed by atoms with E-state index in [1.165, 1.54) is 157 Å². The van der Waals surface area contributed by atoms with Gasteiger partial charge in [-0.2, -0.15) is 0 Å². The average molecular weight is 1160 g/mol. The number of benzene rings is 9. The van der Waals surface area contributed by atoms with Crippen LogP contribution in [0.25, 0.3) is 42.4 Å². The van der Waals surface area contributed by atoms with Gasteiger partial charge in [0.05, 0.1) is 27.3 Å². The lowest BCUT2D eigenvalue weighted by Gasteiger charge is -2.51. The van der Waals surface area contributed by atoms with Crippen molar-refractivity contribution >= 4 is 100 Å². The molecule has 0 saturated heterocycles. The van der Waals surface area contributed by atoms with Crippen LogP contribution in [0.1, 0.15) is 177 Å². The fourth-order valence-corrected chi connectivity index (χ4v) is 16.8. The molecular weight excluding hydrogens is 1070 g/mol. The minimum absolute atomic E-state index is 0.00426. The van der Waals surface area contributed by atoms with Gasteiger partial charge in [-0.1, -0.05) is 233 Å². The topological polar surface area (TPSA) is 9.72 Å².